The number of carboxylic acid groups (broad SMARTS) is 2. The van der Waals surface area contributed by atoms with Gasteiger partial charge in [0.05, 0.1) is 0 Å². The Morgan fingerprint density at radius 1 is 1.29 bits per heavy atom. The Bertz CT molecular complexity index is 34.7. The van der Waals surface area contributed by atoms with Crippen molar-refractivity contribution in [2.45, 2.75) is 0 Å². The normalized spacial score (nSPS) is 3.43. The summed E-state index contributed by atoms with van der Waals surface area (Å²) in [5.74, 6) is 0. The average Bonchev–Trinajstić information content (AvgIpc) is 0.811. The SMILES string of the molecule is O.O=C([O-])[O-].[Na+].[Zr+4]. The van der Waals surface area contributed by atoms with Gasteiger partial charge in [0.15, 0.2) is 0 Å². The third-order valence-corrected chi connectivity index (χ3v) is 0. The maximum absolute atomic E-state index is 8.33. The molecular weight excluding hydrogens is 190 g/mol. The van der Waals surface area contributed by atoms with Gasteiger partial charge in [-0.3, -0.25) is 0 Å². The monoisotopic (exact) mass is 191 g/mol. The Morgan fingerprint density at radius 3 is 1.29 bits per heavy atom. The molecule has 0 aromatic carbocycles. The van der Waals surface area contributed by atoms with E-state index in [4.69, 9.17) is 15.0 Å². The van der Waals surface area contributed by atoms with Crippen molar-refractivity contribution in [3.8, 4) is 0 Å². The van der Waals surface area contributed by atoms with Gasteiger partial charge in [-0.2, -0.15) is 0 Å². The number of carbonyl (C=O) groups excluding carboxylic acids is 1. The van der Waals surface area contributed by atoms with E-state index >= 15 is 0 Å². The van der Waals surface area contributed by atoms with E-state index in [-0.39, 0.29) is 61.2 Å². The summed E-state index contributed by atoms with van der Waals surface area (Å²) >= 11 is 0. The number of carbonyl (C=O) groups is 1. The Balaban J connectivity index is -0.0000000150. The molecule has 0 atom stereocenters. The van der Waals surface area contributed by atoms with Crippen LogP contribution in [0.2, 0.25) is 0 Å². The molecule has 0 radical (unpaired) electrons. The molecule has 0 aliphatic heterocycles. The minimum atomic E-state index is -2.33. The van der Waals surface area contributed by atoms with Gasteiger partial charge in [-0.15, -0.1) is 0 Å². The van der Waals surface area contributed by atoms with Gasteiger partial charge in [-0.05, 0) is 6.16 Å². The van der Waals surface area contributed by atoms with E-state index in [0.29, 0.717) is 0 Å². The van der Waals surface area contributed by atoms with Crippen LogP contribution in [0.4, 0.5) is 4.79 Å². The van der Waals surface area contributed by atoms with Crippen LogP contribution >= 0.6 is 0 Å². The molecule has 0 aromatic heterocycles. The second-order valence-electron chi connectivity index (χ2n) is 0.250. The molecule has 2 N–H and O–H groups in total. The maximum atomic E-state index is 8.33. The van der Waals surface area contributed by atoms with Gasteiger partial charge < -0.3 is 20.5 Å². The quantitative estimate of drug-likeness (QED) is 0.357. The average molecular weight is 192 g/mol. The minimum Gasteiger partial charge on any atom is -0.652 e. The Morgan fingerprint density at radius 2 is 1.29 bits per heavy atom. The zero-order valence-electron chi connectivity index (χ0n) is 3.72. The van der Waals surface area contributed by atoms with Crippen LogP contribution in [0.15, 0.2) is 0 Å². The van der Waals surface area contributed by atoms with Crippen molar-refractivity contribution < 1.29 is 76.2 Å². The van der Waals surface area contributed by atoms with Gasteiger partial charge in [-0.1, -0.05) is 0 Å². The molecule has 0 saturated heterocycles. The van der Waals surface area contributed by atoms with Gasteiger partial charge in [-0.25, -0.2) is 0 Å². The molecular formula is CH2NaO4Zr+3. The first-order valence-electron chi connectivity index (χ1n) is 0.612. The Kier molecular flexibility index (Phi) is 54.5. The molecule has 7 heavy (non-hydrogen) atoms. The van der Waals surface area contributed by atoms with Gasteiger partial charge >= 0.3 is 55.8 Å². The van der Waals surface area contributed by atoms with E-state index < -0.39 is 6.16 Å². The van der Waals surface area contributed by atoms with Crippen LogP contribution in [0.25, 0.3) is 0 Å². The van der Waals surface area contributed by atoms with Gasteiger partial charge in [0.2, 0.25) is 0 Å². The van der Waals surface area contributed by atoms with Crippen molar-refractivity contribution in [2.24, 2.45) is 0 Å². The van der Waals surface area contributed by atoms with E-state index in [2.05, 4.69) is 0 Å². The molecule has 6 heteroatoms. The van der Waals surface area contributed by atoms with E-state index in [0.717, 1.165) is 0 Å². The zero-order valence-corrected chi connectivity index (χ0v) is 8.18. The summed E-state index contributed by atoms with van der Waals surface area (Å²) in [7, 11) is 0. The van der Waals surface area contributed by atoms with Gasteiger partial charge in [0.1, 0.15) is 0 Å². The zero-order chi connectivity index (χ0) is 3.58. The van der Waals surface area contributed by atoms with Crippen LogP contribution in [0.5, 0.6) is 0 Å². The molecule has 0 unspecified atom stereocenters. The van der Waals surface area contributed by atoms with Crippen molar-refractivity contribution in [2.75, 3.05) is 0 Å². The second kappa shape index (κ2) is 15.7. The molecule has 0 spiro atoms. The van der Waals surface area contributed by atoms with Crippen molar-refractivity contribution in [1.29, 1.82) is 0 Å². The molecule has 0 saturated carbocycles. The molecule has 0 rings (SSSR count). The fourth-order valence-corrected chi connectivity index (χ4v) is 0. The first-order valence-corrected chi connectivity index (χ1v) is 0.612. The van der Waals surface area contributed by atoms with Gasteiger partial charge in [0.25, 0.3) is 0 Å². The predicted octanol–water partition coefficient (Wildman–Crippen LogP) is -6.27. The van der Waals surface area contributed by atoms with Crippen molar-refractivity contribution >= 4 is 6.16 Å². The van der Waals surface area contributed by atoms with E-state index in [1.807, 2.05) is 0 Å². The molecule has 0 aliphatic rings. The number of hydrogen-bond acceptors (Lipinski definition) is 3. The van der Waals surface area contributed by atoms with Crippen molar-refractivity contribution in [3.63, 3.8) is 0 Å². The summed E-state index contributed by atoms with van der Waals surface area (Å²) in [6.45, 7) is 0. The molecule has 0 fully saturated rings. The molecule has 0 aliphatic carbocycles. The summed E-state index contributed by atoms with van der Waals surface area (Å²) < 4.78 is 0. The molecule has 0 heterocycles. The first-order chi connectivity index (χ1) is 1.73. The van der Waals surface area contributed by atoms with E-state index in [9.17, 15) is 0 Å². The first kappa shape index (κ1) is 24.3. The summed E-state index contributed by atoms with van der Waals surface area (Å²) in [4.78, 5) is 8.33. The molecule has 0 amide bonds. The largest absolute Gasteiger partial charge is 4.00 e. The van der Waals surface area contributed by atoms with Crippen LogP contribution < -0.4 is 39.8 Å². The molecule has 0 aromatic rings. The molecule has 32 valence electrons. The number of rotatable bonds is 0. The Labute approximate surface area is 81.6 Å². The minimum absolute atomic E-state index is 0. The fourth-order valence-electron chi connectivity index (χ4n) is 0. The van der Waals surface area contributed by atoms with E-state index in [1.165, 1.54) is 0 Å². The third-order valence-electron chi connectivity index (χ3n) is 0. The topological polar surface area (TPSA) is 94.7 Å². The standard InChI is InChI=1S/CH2O3.Na.H2O.Zr/c2-1(3)4;;;/h(H2,2,3,4);;1H2;/q;+1;;+4/p-2. The third kappa shape index (κ3) is 150. The summed E-state index contributed by atoms with van der Waals surface area (Å²) in [5.41, 5.74) is 0. The number of hydrogen-bond donors (Lipinski definition) is 0. The molecule has 4 nitrogen and oxygen atoms in total. The molecule has 0 bridgehead atoms. The second-order valence-corrected chi connectivity index (χ2v) is 0.250. The van der Waals surface area contributed by atoms with E-state index in [1.54, 1.807) is 0 Å². The van der Waals surface area contributed by atoms with Gasteiger partial charge in [0, 0.05) is 0 Å². The van der Waals surface area contributed by atoms with Crippen molar-refractivity contribution in [1.82, 2.24) is 0 Å². The fraction of sp³-hybridized carbons (Fsp3) is 0. The maximum Gasteiger partial charge on any atom is 4.00 e. The van der Waals surface area contributed by atoms with Crippen LogP contribution in [0, 0.1) is 0 Å². The smallest absolute Gasteiger partial charge is 0.652 e. The predicted molar refractivity (Wildman–Crippen MR) is 9.01 cm³/mol. The van der Waals surface area contributed by atoms with Crippen LogP contribution in [-0.4, -0.2) is 11.6 Å². The summed E-state index contributed by atoms with van der Waals surface area (Å²) in [6, 6.07) is 0. The van der Waals surface area contributed by atoms with Crippen LogP contribution in [0.1, 0.15) is 0 Å². The van der Waals surface area contributed by atoms with Crippen molar-refractivity contribution in [3.05, 3.63) is 0 Å². The summed E-state index contributed by atoms with van der Waals surface area (Å²) in [5, 5.41) is 16.7. The van der Waals surface area contributed by atoms with Crippen LogP contribution in [-0.2, 0) is 26.2 Å². The summed E-state index contributed by atoms with van der Waals surface area (Å²) in [6.07, 6.45) is -2.33. The Hall–Kier alpha value is 1.11. The van der Waals surface area contributed by atoms with Crippen LogP contribution in [0.3, 0.4) is 0 Å².